The first-order valence-corrected chi connectivity index (χ1v) is 10.4. The maximum Gasteiger partial charge on any atom is 0.270 e. The van der Waals surface area contributed by atoms with Crippen LogP contribution in [0.2, 0.25) is 5.02 Å². The predicted molar refractivity (Wildman–Crippen MR) is 107 cm³/mol. The van der Waals surface area contributed by atoms with Gasteiger partial charge in [0.25, 0.3) is 5.88 Å². The van der Waals surface area contributed by atoms with E-state index in [-0.39, 0.29) is 11.4 Å². The van der Waals surface area contributed by atoms with Crippen LogP contribution in [0, 0.1) is 0 Å². The minimum absolute atomic E-state index is 0. The second-order valence-corrected chi connectivity index (χ2v) is 8.24. The first kappa shape index (κ1) is 19.4. The molecule has 4 rings (SSSR count). The van der Waals surface area contributed by atoms with Crippen molar-refractivity contribution in [1.82, 2.24) is 4.90 Å². The monoisotopic (exact) mass is 405 g/mol. The van der Waals surface area contributed by atoms with Crippen molar-refractivity contribution in [3.63, 3.8) is 0 Å². The van der Waals surface area contributed by atoms with Gasteiger partial charge in [-0.05, 0) is 30.3 Å². The van der Waals surface area contributed by atoms with Crippen molar-refractivity contribution in [2.75, 3.05) is 23.6 Å². The van der Waals surface area contributed by atoms with Gasteiger partial charge < -0.3 is 15.5 Å². The molecule has 1 unspecified atom stereocenters. The Kier molecular flexibility index (Phi) is 5.57. The highest BCUT2D eigenvalue weighted by Gasteiger charge is 2.37. The smallest absolute Gasteiger partial charge is 0.270 e. The summed E-state index contributed by atoms with van der Waals surface area (Å²) >= 11 is 5.99. The summed E-state index contributed by atoms with van der Waals surface area (Å²) in [7, 11) is -0.905. The average molecular weight is 406 g/mol. The fraction of sp³-hybridized carbons (Fsp3) is 0.158. The van der Waals surface area contributed by atoms with Crippen LogP contribution < -0.4 is 20.9 Å². The molecule has 4 N–H and O–H groups in total. The third kappa shape index (κ3) is 3.59. The van der Waals surface area contributed by atoms with E-state index in [1.54, 1.807) is 23.4 Å². The van der Waals surface area contributed by atoms with Gasteiger partial charge in [0.1, 0.15) is 0 Å². The van der Waals surface area contributed by atoms with Crippen LogP contribution in [0.5, 0.6) is 0 Å². The van der Waals surface area contributed by atoms with E-state index >= 15 is 0 Å². The molecule has 0 fully saturated rings. The number of rotatable bonds is 4. The number of fused-ring (bicyclic) bond motifs is 2. The Hall–Kier alpha value is -2.32. The number of benzene rings is 2. The van der Waals surface area contributed by atoms with E-state index in [2.05, 4.69) is 0 Å². The zero-order valence-corrected chi connectivity index (χ0v) is 16.2. The van der Waals surface area contributed by atoms with Crippen molar-refractivity contribution >= 4 is 40.0 Å². The average Bonchev–Trinajstić information content (AvgIpc) is 2.98. The van der Waals surface area contributed by atoms with Gasteiger partial charge in [0.05, 0.1) is 5.69 Å². The number of aliphatic hydroxyl groups excluding tert-OH is 1. The molecule has 0 saturated heterocycles. The molecule has 142 valence electrons. The molecule has 6 nitrogen and oxygen atoms in total. The highest BCUT2D eigenvalue weighted by atomic mass is 35.5. The molecule has 2 heterocycles. The lowest BCUT2D eigenvalue weighted by atomic mass is 10.1. The van der Waals surface area contributed by atoms with Gasteiger partial charge in [-0.1, -0.05) is 29.8 Å². The highest BCUT2D eigenvalue weighted by molar-refractivity contribution is 7.84. The quantitative estimate of drug-likeness (QED) is 0.720. The van der Waals surface area contributed by atoms with Crippen LogP contribution in [0.3, 0.4) is 0 Å². The van der Waals surface area contributed by atoms with Gasteiger partial charge in [0, 0.05) is 51.0 Å². The molecule has 2 aromatic rings. The van der Waals surface area contributed by atoms with E-state index in [9.17, 15) is 9.32 Å². The Morgan fingerprint density at radius 3 is 2.56 bits per heavy atom. The van der Waals surface area contributed by atoms with Gasteiger partial charge in [-0.2, -0.15) is 5.01 Å². The molecule has 2 aromatic carbocycles. The van der Waals surface area contributed by atoms with E-state index in [0.717, 1.165) is 27.5 Å². The molecule has 0 aromatic heterocycles. The summed E-state index contributed by atoms with van der Waals surface area (Å²) in [5, 5.41) is 15.5. The van der Waals surface area contributed by atoms with Crippen molar-refractivity contribution in [3.05, 3.63) is 75.6 Å². The van der Waals surface area contributed by atoms with Crippen LogP contribution in [-0.2, 0) is 10.8 Å². The number of nitrogens with two attached hydrogens (primary N) is 1. The predicted octanol–water partition coefficient (Wildman–Crippen LogP) is 0.429. The van der Waals surface area contributed by atoms with Crippen LogP contribution in [-0.4, -0.2) is 38.2 Å². The minimum Gasteiger partial charge on any atom is -0.870 e. The third-order valence-corrected chi connectivity index (χ3v) is 5.52. The first-order chi connectivity index (χ1) is 12.5. The zero-order chi connectivity index (χ0) is 18.3. The van der Waals surface area contributed by atoms with Crippen molar-refractivity contribution < 1.29 is 20.2 Å². The number of anilines is 1. The van der Waals surface area contributed by atoms with E-state index in [0.29, 0.717) is 17.3 Å². The van der Waals surface area contributed by atoms with Gasteiger partial charge in [0.15, 0.2) is 11.4 Å². The van der Waals surface area contributed by atoms with Crippen molar-refractivity contribution in [2.45, 2.75) is 0 Å². The van der Waals surface area contributed by atoms with Crippen LogP contribution in [0.4, 0.5) is 5.69 Å². The molecule has 0 spiro atoms. The highest BCUT2D eigenvalue weighted by Crippen LogP contribution is 2.27. The molecular weight excluding hydrogens is 386 g/mol. The maximum atomic E-state index is 11.6. The number of nitrogens with zero attached hydrogens (tertiary/aromatic N) is 2. The van der Waals surface area contributed by atoms with Crippen molar-refractivity contribution in [3.8, 4) is 0 Å². The Bertz CT molecular complexity index is 1040. The SMILES string of the molecule is CS(=O)CCN1C=c2ccccc2=C2[NH2+]N(c3ccc(Cl)cc3)C(O)=C21.[OH-]. The topological polar surface area (TPSA) is 90.4 Å². The summed E-state index contributed by atoms with van der Waals surface area (Å²) in [5.74, 6) is 0.693. The van der Waals surface area contributed by atoms with Crippen molar-refractivity contribution in [1.29, 1.82) is 0 Å². The number of hydrogen-bond acceptors (Lipinski definition) is 5. The molecule has 27 heavy (non-hydrogen) atoms. The normalized spacial score (nSPS) is 16.4. The zero-order valence-electron chi connectivity index (χ0n) is 14.7. The van der Waals surface area contributed by atoms with Gasteiger partial charge in [0.2, 0.25) is 0 Å². The maximum absolute atomic E-state index is 11.6. The first-order valence-electron chi connectivity index (χ1n) is 8.26. The molecule has 0 amide bonds. The summed E-state index contributed by atoms with van der Waals surface area (Å²) in [4.78, 5) is 1.99. The lowest BCUT2D eigenvalue weighted by molar-refractivity contribution is -0.568. The molecule has 0 bridgehead atoms. The van der Waals surface area contributed by atoms with Crippen LogP contribution in [0.15, 0.2) is 60.1 Å². The second-order valence-electron chi connectivity index (χ2n) is 6.25. The summed E-state index contributed by atoms with van der Waals surface area (Å²) in [6.45, 7) is 0.572. The Morgan fingerprint density at radius 1 is 1.15 bits per heavy atom. The van der Waals surface area contributed by atoms with Gasteiger partial charge in [-0.25, -0.2) is 5.43 Å². The summed E-state index contributed by atoms with van der Waals surface area (Å²) in [6, 6.07) is 15.4. The Morgan fingerprint density at radius 2 is 1.85 bits per heavy atom. The molecule has 8 heteroatoms. The standard InChI is InChI=1S/C19H18ClN3O2S.H2O/c1-26(25)11-10-22-12-13-4-2-3-5-16(13)17-18(22)19(24)23(21-17)15-8-6-14(20)7-9-15;/h2-9,12,21,24H,10-11H2,1H3;1H2. The summed E-state index contributed by atoms with van der Waals surface area (Å²) in [5.41, 5.74) is 4.47. The molecule has 2 aliphatic rings. The summed E-state index contributed by atoms with van der Waals surface area (Å²) < 4.78 is 11.6. The molecule has 0 radical (unpaired) electrons. The summed E-state index contributed by atoms with van der Waals surface area (Å²) in [6.07, 6.45) is 3.70. The Balaban J connectivity index is 0.00000210. The molecule has 2 aliphatic heterocycles. The van der Waals surface area contributed by atoms with Gasteiger partial charge in [-0.15, -0.1) is 0 Å². The van der Waals surface area contributed by atoms with Gasteiger partial charge in [-0.3, -0.25) is 4.21 Å². The third-order valence-electron chi connectivity index (χ3n) is 4.51. The van der Waals surface area contributed by atoms with Crippen molar-refractivity contribution in [2.24, 2.45) is 0 Å². The fourth-order valence-electron chi connectivity index (χ4n) is 3.26. The minimum atomic E-state index is -0.905. The van der Waals surface area contributed by atoms with E-state index in [1.807, 2.05) is 52.9 Å². The van der Waals surface area contributed by atoms with E-state index < -0.39 is 10.8 Å². The molecular formula is C19H20ClN3O3S. The van der Waals surface area contributed by atoms with E-state index in [1.165, 1.54) is 0 Å². The lowest BCUT2D eigenvalue weighted by Crippen LogP contribution is -2.90. The second kappa shape index (κ2) is 7.74. The Labute approximate surface area is 164 Å². The number of hydrogen-bond donors (Lipinski definition) is 2. The largest absolute Gasteiger partial charge is 0.870 e. The lowest BCUT2D eigenvalue weighted by Gasteiger charge is -2.22. The molecule has 0 aliphatic carbocycles. The number of aliphatic hydroxyl groups is 1. The van der Waals surface area contributed by atoms with Gasteiger partial charge >= 0.3 is 0 Å². The van der Waals surface area contributed by atoms with Crippen LogP contribution >= 0.6 is 11.6 Å². The van der Waals surface area contributed by atoms with E-state index in [4.69, 9.17) is 11.6 Å². The molecule has 0 saturated carbocycles. The molecule has 1 atom stereocenters. The van der Waals surface area contributed by atoms with Crippen LogP contribution in [0.1, 0.15) is 0 Å². The number of halogens is 1. The van der Waals surface area contributed by atoms with Crippen LogP contribution in [0.25, 0.3) is 11.9 Å². The fourth-order valence-corrected chi connectivity index (χ4v) is 3.84. The number of quaternary nitrogens is 1.